The molecule has 0 aromatic heterocycles. The fourth-order valence-corrected chi connectivity index (χ4v) is 6.59. The summed E-state index contributed by atoms with van der Waals surface area (Å²) in [6.45, 7) is 9.04. The maximum absolute atomic E-state index is 12.9. The van der Waals surface area contributed by atoms with Crippen molar-refractivity contribution in [2.24, 2.45) is 17.3 Å². The van der Waals surface area contributed by atoms with Crippen LogP contribution in [0, 0.1) is 24.2 Å². The largest absolute Gasteiger partial charge is 0.488 e. The number of fused-ring (bicyclic) bond motifs is 2. The van der Waals surface area contributed by atoms with Crippen LogP contribution in [-0.4, -0.2) is 45.1 Å². The number of rotatable bonds is 4. The van der Waals surface area contributed by atoms with Gasteiger partial charge in [0.05, 0.1) is 11.7 Å². The number of amides is 1. The lowest BCUT2D eigenvalue weighted by Crippen LogP contribution is -2.45. The third-order valence-corrected chi connectivity index (χ3v) is 8.89. The van der Waals surface area contributed by atoms with Gasteiger partial charge in [0.1, 0.15) is 12.4 Å². The van der Waals surface area contributed by atoms with Gasteiger partial charge in [0, 0.05) is 25.2 Å². The molecule has 186 valence electrons. The zero-order valence-corrected chi connectivity index (χ0v) is 21.7. The number of hydrogen-bond donors (Lipinski definition) is 1. The van der Waals surface area contributed by atoms with Gasteiger partial charge in [-0.1, -0.05) is 61.4 Å². The standard InChI is InChI=1S/C28H34N2O4S/c1-18-9-10-23-22(15-18)16-34-25-8-6-5-7-24(25)26(23)21-11-13-30(14-12-21)17-28(19(2)20(28)3)27(31)29-35(4,32)33/h5-10,15,19-20H,11-14,16-17H2,1-4H3,(H,29,31). The number of likely N-dealkylation sites (tertiary alicyclic amines) is 1. The van der Waals surface area contributed by atoms with Gasteiger partial charge in [-0.25, -0.2) is 8.42 Å². The zero-order valence-electron chi connectivity index (χ0n) is 20.9. The molecule has 1 saturated carbocycles. The Morgan fingerprint density at radius 2 is 1.77 bits per heavy atom. The van der Waals surface area contributed by atoms with Crippen molar-refractivity contribution in [1.29, 1.82) is 0 Å². The Bertz CT molecular complexity index is 1300. The van der Waals surface area contributed by atoms with Crippen LogP contribution in [0.3, 0.4) is 0 Å². The van der Waals surface area contributed by atoms with Crippen LogP contribution in [0.1, 0.15) is 48.9 Å². The molecule has 1 amide bonds. The molecule has 0 spiro atoms. The lowest BCUT2D eigenvalue weighted by atomic mass is 9.86. The van der Waals surface area contributed by atoms with Crippen molar-refractivity contribution in [3.05, 3.63) is 70.3 Å². The molecule has 2 heterocycles. The fourth-order valence-electron chi connectivity index (χ4n) is 6.07. The van der Waals surface area contributed by atoms with Crippen LogP contribution in [0.15, 0.2) is 48.0 Å². The van der Waals surface area contributed by atoms with Crippen LogP contribution >= 0.6 is 0 Å². The molecule has 2 fully saturated rings. The maximum atomic E-state index is 12.9. The predicted octanol–water partition coefficient (Wildman–Crippen LogP) is 4.13. The monoisotopic (exact) mass is 494 g/mol. The van der Waals surface area contributed by atoms with Gasteiger partial charge in [0.2, 0.25) is 15.9 Å². The van der Waals surface area contributed by atoms with Gasteiger partial charge in [-0.2, -0.15) is 0 Å². The first kappa shape index (κ1) is 24.1. The first-order chi connectivity index (χ1) is 16.6. The number of aryl methyl sites for hydroxylation is 1. The second kappa shape index (κ2) is 8.79. The number of carbonyl (C=O) groups is 1. The highest BCUT2D eigenvalue weighted by atomic mass is 32.2. The molecule has 0 bridgehead atoms. The normalized spacial score (nSPS) is 26.3. The van der Waals surface area contributed by atoms with Crippen molar-refractivity contribution in [2.75, 3.05) is 25.9 Å². The van der Waals surface area contributed by atoms with Gasteiger partial charge >= 0.3 is 0 Å². The molecule has 2 unspecified atom stereocenters. The summed E-state index contributed by atoms with van der Waals surface area (Å²) in [4.78, 5) is 15.3. The third kappa shape index (κ3) is 4.40. The van der Waals surface area contributed by atoms with E-state index >= 15 is 0 Å². The lowest BCUT2D eigenvalue weighted by Gasteiger charge is -2.33. The van der Waals surface area contributed by atoms with E-state index in [1.54, 1.807) is 0 Å². The molecule has 1 N–H and O–H groups in total. The Kier molecular flexibility index (Phi) is 6.04. The van der Waals surface area contributed by atoms with Crippen LogP contribution in [-0.2, 0) is 21.4 Å². The summed E-state index contributed by atoms with van der Waals surface area (Å²) in [6.07, 6.45) is 2.86. The topological polar surface area (TPSA) is 75.7 Å². The summed E-state index contributed by atoms with van der Waals surface area (Å²) in [5, 5.41) is 0. The van der Waals surface area contributed by atoms with Crippen LogP contribution in [0.5, 0.6) is 5.75 Å². The van der Waals surface area contributed by atoms with E-state index in [0.717, 1.165) is 43.5 Å². The van der Waals surface area contributed by atoms with Crippen molar-refractivity contribution in [3.63, 3.8) is 0 Å². The summed E-state index contributed by atoms with van der Waals surface area (Å²) in [6, 6.07) is 14.9. The average molecular weight is 495 g/mol. The van der Waals surface area contributed by atoms with E-state index in [2.05, 4.69) is 46.9 Å². The molecule has 35 heavy (non-hydrogen) atoms. The second-order valence-corrected chi connectivity index (χ2v) is 12.3. The number of ether oxygens (including phenoxy) is 1. The minimum atomic E-state index is -3.58. The van der Waals surface area contributed by atoms with Crippen molar-refractivity contribution < 1.29 is 17.9 Å². The first-order valence-electron chi connectivity index (χ1n) is 12.4. The molecule has 1 saturated heterocycles. The SMILES string of the molecule is Cc1ccc2c(c1)COc1ccccc1C2=C1CCN(CC2(C(=O)NS(C)(=O)=O)C(C)C2C)CC1. The summed E-state index contributed by atoms with van der Waals surface area (Å²) in [5.74, 6) is 0.876. The quantitative estimate of drug-likeness (QED) is 0.692. The zero-order chi connectivity index (χ0) is 25.0. The van der Waals surface area contributed by atoms with Gasteiger partial charge in [0.25, 0.3) is 0 Å². The molecule has 5 rings (SSSR count). The molecule has 3 aliphatic rings. The lowest BCUT2D eigenvalue weighted by molar-refractivity contribution is -0.126. The summed E-state index contributed by atoms with van der Waals surface area (Å²) in [5.41, 5.74) is 6.89. The molecule has 1 aliphatic carbocycles. The van der Waals surface area contributed by atoms with E-state index in [-0.39, 0.29) is 17.7 Å². The van der Waals surface area contributed by atoms with Gasteiger partial charge in [-0.15, -0.1) is 0 Å². The number of piperidine rings is 1. The molecule has 0 radical (unpaired) electrons. The summed E-state index contributed by atoms with van der Waals surface area (Å²) >= 11 is 0. The fraction of sp³-hybridized carbons (Fsp3) is 0.464. The number of sulfonamides is 1. The van der Waals surface area contributed by atoms with E-state index in [4.69, 9.17) is 4.74 Å². The minimum absolute atomic E-state index is 0.157. The molecule has 2 atom stereocenters. The molecule has 2 aromatic rings. The van der Waals surface area contributed by atoms with Gasteiger partial charge in [0.15, 0.2) is 0 Å². The van der Waals surface area contributed by atoms with Crippen molar-refractivity contribution >= 4 is 21.5 Å². The van der Waals surface area contributed by atoms with Crippen molar-refractivity contribution in [1.82, 2.24) is 9.62 Å². The molecule has 2 aromatic carbocycles. The Morgan fingerprint density at radius 3 is 2.43 bits per heavy atom. The van der Waals surface area contributed by atoms with Crippen molar-refractivity contribution in [2.45, 2.75) is 40.2 Å². The van der Waals surface area contributed by atoms with Gasteiger partial charge in [-0.3, -0.25) is 9.52 Å². The number of hydrogen-bond acceptors (Lipinski definition) is 5. The smallest absolute Gasteiger partial charge is 0.241 e. The highest BCUT2D eigenvalue weighted by Gasteiger charge is 2.65. The summed E-state index contributed by atoms with van der Waals surface area (Å²) in [7, 11) is -3.58. The Labute approximate surface area is 208 Å². The molecular weight excluding hydrogens is 460 g/mol. The highest BCUT2D eigenvalue weighted by Crippen LogP contribution is 2.59. The van der Waals surface area contributed by atoms with E-state index in [9.17, 15) is 13.2 Å². The Morgan fingerprint density at radius 1 is 1.09 bits per heavy atom. The second-order valence-electron chi connectivity index (χ2n) is 10.5. The molecule has 7 heteroatoms. The van der Waals surface area contributed by atoms with E-state index in [1.807, 2.05) is 26.0 Å². The number of nitrogens with zero attached hydrogens (tertiary/aromatic N) is 1. The van der Waals surface area contributed by atoms with E-state index in [0.29, 0.717) is 13.2 Å². The maximum Gasteiger partial charge on any atom is 0.241 e. The number of nitrogens with one attached hydrogen (secondary N) is 1. The van der Waals surface area contributed by atoms with Crippen LogP contribution < -0.4 is 9.46 Å². The Balaban J connectivity index is 1.42. The predicted molar refractivity (Wildman–Crippen MR) is 137 cm³/mol. The Hall–Kier alpha value is -2.64. The molecule has 2 aliphatic heterocycles. The highest BCUT2D eigenvalue weighted by molar-refractivity contribution is 7.89. The first-order valence-corrected chi connectivity index (χ1v) is 14.3. The van der Waals surface area contributed by atoms with Crippen LogP contribution in [0.2, 0.25) is 0 Å². The number of carbonyl (C=O) groups excluding carboxylic acids is 1. The number of benzene rings is 2. The average Bonchev–Trinajstić information content (AvgIpc) is 3.39. The molecule has 6 nitrogen and oxygen atoms in total. The van der Waals surface area contributed by atoms with Crippen LogP contribution in [0.25, 0.3) is 5.57 Å². The minimum Gasteiger partial charge on any atom is -0.488 e. The van der Waals surface area contributed by atoms with Gasteiger partial charge < -0.3 is 9.64 Å². The third-order valence-electron chi connectivity index (χ3n) is 8.33. The van der Waals surface area contributed by atoms with E-state index in [1.165, 1.54) is 27.8 Å². The van der Waals surface area contributed by atoms with Crippen LogP contribution in [0.4, 0.5) is 0 Å². The van der Waals surface area contributed by atoms with E-state index < -0.39 is 15.4 Å². The summed E-state index contributed by atoms with van der Waals surface area (Å²) < 4.78 is 31.9. The molecular formula is C28H34N2O4S. The number of para-hydroxylation sites is 1. The van der Waals surface area contributed by atoms with Crippen molar-refractivity contribution in [3.8, 4) is 5.75 Å². The van der Waals surface area contributed by atoms with Gasteiger partial charge in [-0.05, 0) is 54.4 Å².